The van der Waals surface area contributed by atoms with Crippen LogP contribution in [-0.2, 0) is 4.74 Å². The Morgan fingerprint density at radius 3 is 2.19 bits per heavy atom. The maximum atomic E-state index is 6.41. The Hall–Kier alpha value is -0.0800. The van der Waals surface area contributed by atoms with E-state index in [0.717, 1.165) is 25.0 Å². The van der Waals surface area contributed by atoms with Gasteiger partial charge in [-0.25, -0.2) is 0 Å². The molecule has 1 unspecified atom stereocenters. The van der Waals surface area contributed by atoms with E-state index in [9.17, 15) is 0 Å². The molecule has 2 nitrogen and oxygen atoms in total. The molecule has 1 aliphatic carbocycles. The molecule has 1 fully saturated rings. The minimum absolute atomic E-state index is 0.0963. The highest BCUT2D eigenvalue weighted by Crippen LogP contribution is 2.39. The summed E-state index contributed by atoms with van der Waals surface area (Å²) in [6.07, 6.45) is 10.2. The Bertz CT molecular complexity index is 254. The fourth-order valence-electron chi connectivity index (χ4n) is 3.89. The van der Waals surface area contributed by atoms with Gasteiger partial charge in [-0.1, -0.05) is 40.5 Å². The van der Waals surface area contributed by atoms with Crippen LogP contribution < -0.4 is 5.32 Å². The lowest BCUT2D eigenvalue weighted by Crippen LogP contribution is -2.55. The molecule has 0 amide bonds. The predicted molar refractivity (Wildman–Crippen MR) is 92.8 cm³/mol. The first kappa shape index (κ1) is 19.0. The van der Waals surface area contributed by atoms with Crippen molar-refractivity contribution in [3.05, 3.63) is 0 Å². The van der Waals surface area contributed by atoms with E-state index < -0.39 is 0 Å². The number of hydrogen-bond donors (Lipinski definition) is 1. The van der Waals surface area contributed by atoms with Gasteiger partial charge in [0.05, 0.1) is 5.60 Å². The molecule has 0 aromatic rings. The summed E-state index contributed by atoms with van der Waals surface area (Å²) in [5, 5.41) is 3.85. The Labute approximate surface area is 133 Å². The third-order valence-corrected chi connectivity index (χ3v) is 5.55. The summed E-state index contributed by atoms with van der Waals surface area (Å²) in [5.74, 6) is 1.70. The molecule has 0 aromatic heterocycles. The van der Waals surface area contributed by atoms with E-state index in [1.54, 1.807) is 0 Å². The van der Waals surface area contributed by atoms with Crippen molar-refractivity contribution < 1.29 is 4.74 Å². The smallest absolute Gasteiger partial charge is 0.0834 e. The summed E-state index contributed by atoms with van der Waals surface area (Å²) < 4.78 is 6.41. The first-order chi connectivity index (χ1) is 10.1. The highest BCUT2D eigenvalue weighted by atomic mass is 16.5. The molecule has 0 radical (unpaired) electrons. The third-order valence-electron chi connectivity index (χ3n) is 5.55. The second-order valence-electron chi connectivity index (χ2n) is 7.11. The summed E-state index contributed by atoms with van der Waals surface area (Å²) >= 11 is 0. The molecule has 21 heavy (non-hydrogen) atoms. The Morgan fingerprint density at radius 2 is 1.71 bits per heavy atom. The molecular weight excluding hydrogens is 258 g/mol. The fraction of sp³-hybridized carbons (Fsp3) is 1.00. The fourth-order valence-corrected chi connectivity index (χ4v) is 3.89. The van der Waals surface area contributed by atoms with Crippen LogP contribution in [0.2, 0.25) is 0 Å². The van der Waals surface area contributed by atoms with Crippen LogP contribution in [0.25, 0.3) is 0 Å². The van der Waals surface area contributed by atoms with Gasteiger partial charge in [-0.15, -0.1) is 0 Å². The van der Waals surface area contributed by atoms with Crippen molar-refractivity contribution in [2.75, 3.05) is 13.2 Å². The first-order valence-electron chi connectivity index (χ1n) is 9.49. The first-order valence-corrected chi connectivity index (χ1v) is 9.49. The maximum Gasteiger partial charge on any atom is 0.0834 e. The van der Waals surface area contributed by atoms with E-state index in [2.05, 4.69) is 39.9 Å². The molecule has 126 valence electrons. The monoisotopic (exact) mass is 297 g/mol. The van der Waals surface area contributed by atoms with Crippen molar-refractivity contribution >= 4 is 0 Å². The highest BCUT2D eigenvalue weighted by Gasteiger charge is 2.42. The summed E-state index contributed by atoms with van der Waals surface area (Å²) in [5.41, 5.74) is 0.0963. The molecule has 0 aliphatic heterocycles. The predicted octanol–water partition coefficient (Wildman–Crippen LogP) is 5.17. The Kier molecular flexibility index (Phi) is 8.89. The van der Waals surface area contributed by atoms with E-state index in [-0.39, 0.29) is 5.60 Å². The van der Waals surface area contributed by atoms with Crippen molar-refractivity contribution in [1.29, 1.82) is 0 Å². The van der Waals surface area contributed by atoms with Crippen molar-refractivity contribution in [3.8, 4) is 0 Å². The molecule has 1 saturated carbocycles. The minimum atomic E-state index is 0.0963. The number of nitrogens with one attached hydrogen (secondary N) is 1. The number of rotatable bonds is 10. The molecular formula is C19H39NO. The Balaban J connectivity index is 2.83. The van der Waals surface area contributed by atoms with Gasteiger partial charge in [-0.3, -0.25) is 0 Å². The van der Waals surface area contributed by atoms with Gasteiger partial charge in [0, 0.05) is 12.6 Å². The van der Waals surface area contributed by atoms with Crippen molar-refractivity contribution in [1.82, 2.24) is 5.32 Å². The minimum Gasteiger partial charge on any atom is -0.374 e. The zero-order valence-corrected chi connectivity index (χ0v) is 15.2. The van der Waals surface area contributed by atoms with Gasteiger partial charge in [0.15, 0.2) is 0 Å². The lowest BCUT2D eigenvalue weighted by atomic mass is 9.72. The quantitative estimate of drug-likeness (QED) is 0.601. The van der Waals surface area contributed by atoms with E-state index in [4.69, 9.17) is 4.74 Å². The average molecular weight is 298 g/mol. The van der Waals surface area contributed by atoms with Crippen LogP contribution in [0.4, 0.5) is 0 Å². The van der Waals surface area contributed by atoms with Crippen molar-refractivity contribution in [3.63, 3.8) is 0 Å². The molecule has 0 heterocycles. The van der Waals surface area contributed by atoms with Crippen LogP contribution in [0.1, 0.15) is 86.0 Å². The molecule has 1 N–H and O–H groups in total. The largest absolute Gasteiger partial charge is 0.374 e. The van der Waals surface area contributed by atoms with Crippen LogP contribution in [0, 0.1) is 11.8 Å². The number of ether oxygens (including phenoxy) is 1. The van der Waals surface area contributed by atoms with Gasteiger partial charge in [0.25, 0.3) is 0 Å². The van der Waals surface area contributed by atoms with Crippen LogP contribution >= 0.6 is 0 Å². The van der Waals surface area contributed by atoms with Crippen LogP contribution in [-0.4, -0.2) is 24.8 Å². The van der Waals surface area contributed by atoms with E-state index in [0.29, 0.717) is 6.04 Å². The zero-order chi connectivity index (χ0) is 15.7. The molecule has 0 saturated heterocycles. The molecule has 1 rings (SSSR count). The average Bonchev–Trinajstić information content (AvgIpc) is 2.50. The van der Waals surface area contributed by atoms with Crippen molar-refractivity contribution in [2.24, 2.45) is 11.8 Å². The van der Waals surface area contributed by atoms with Crippen LogP contribution in [0.3, 0.4) is 0 Å². The van der Waals surface area contributed by atoms with E-state index in [1.807, 2.05) is 0 Å². The van der Waals surface area contributed by atoms with Crippen LogP contribution in [0.15, 0.2) is 0 Å². The summed E-state index contributed by atoms with van der Waals surface area (Å²) in [6, 6.07) is 0.537. The standard InChI is InChI=1S/C19H39NO/c1-6-14-20-18(15-17(7-2)8-3)19(21-9-4)12-10-16(5)11-13-19/h16-18,20H,6-15H2,1-5H3. The highest BCUT2D eigenvalue weighted by molar-refractivity contribution is 4.97. The third kappa shape index (κ3) is 5.56. The normalized spacial score (nSPS) is 28.0. The van der Waals surface area contributed by atoms with Gasteiger partial charge in [-0.2, -0.15) is 0 Å². The molecule has 1 atom stereocenters. The number of hydrogen-bond acceptors (Lipinski definition) is 2. The van der Waals surface area contributed by atoms with Crippen molar-refractivity contribution in [2.45, 2.75) is 97.6 Å². The van der Waals surface area contributed by atoms with Gasteiger partial charge >= 0.3 is 0 Å². The second-order valence-corrected chi connectivity index (χ2v) is 7.11. The molecule has 0 spiro atoms. The Morgan fingerprint density at radius 1 is 1.10 bits per heavy atom. The molecule has 0 aromatic carbocycles. The summed E-state index contributed by atoms with van der Waals surface area (Å²) in [4.78, 5) is 0. The summed E-state index contributed by atoms with van der Waals surface area (Å²) in [6.45, 7) is 13.5. The zero-order valence-electron chi connectivity index (χ0n) is 15.2. The second kappa shape index (κ2) is 9.84. The molecule has 2 heteroatoms. The van der Waals surface area contributed by atoms with Gasteiger partial charge in [0.2, 0.25) is 0 Å². The van der Waals surface area contributed by atoms with E-state index in [1.165, 1.54) is 51.4 Å². The van der Waals surface area contributed by atoms with Crippen LogP contribution in [0.5, 0.6) is 0 Å². The lowest BCUT2D eigenvalue weighted by Gasteiger charge is -2.46. The molecule has 0 bridgehead atoms. The van der Waals surface area contributed by atoms with Gasteiger partial charge in [-0.05, 0) is 63.8 Å². The van der Waals surface area contributed by atoms with E-state index >= 15 is 0 Å². The lowest BCUT2D eigenvalue weighted by molar-refractivity contribution is -0.100. The molecule has 1 aliphatic rings. The summed E-state index contributed by atoms with van der Waals surface area (Å²) in [7, 11) is 0. The SMILES string of the molecule is CCCNC(CC(CC)CC)C1(OCC)CCC(C)CC1. The maximum absolute atomic E-state index is 6.41. The van der Waals surface area contributed by atoms with Gasteiger partial charge < -0.3 is 10.1 Å². The topological polar surface area (TPSA) is 21.3 Å². The van der Waals surface area contributed by atoms with Gasteiger partial charge in [0.1, 0.15) is 0 Å².